The van der Waals surface area contributed by atoms with Crippen molar-refractivity contribution < 1.29 is 48.0 Å². The Bertz CT molecular complexity index is 771. The second-order valence-corrected chi connectivity index (χ2v) is 9.39. The summed E-state index contributed by atoms with van der Waals surface area (Å²) in [5.41, 5.74) is 5.73. The van der Waals surface area contributed by atoms with E-state index >= 15 is 0 Å². The van der Waals surface area contributed by atoms with Crippen LogP contribution in [-0.4, -0.2) is 4.98 Å². The summed E-state index contributed by atoms with van der Waals surface area (Å²) in [6, 6.07) is 8.83. The van der Waals surface area contributed by atoms with E-state index in [4.69, 9.17) is 4.98 Å². The Balaban J connectivity index is 0.000000882. The van der Waals surface area contributed by atoms with Gasteiger partial charge < -0.3 is 24.8 Å². The van der Waals surface area contributed by atoms with Gasteiger partial charge in [0.1, 0.15) is 0 Å². The second kappa shape index (κ2) is 7.57. The topological polar surface area (TPSA) is 12.9 Å². The molecule has 2 aliphatic rings. The number of benzene rings is 1. The van der Waals surface area contributed by atoms with Crippen molar-refractivity contribution in [3.63, 3.8) is 0 Å². The first-order valence-corrected chi connectivity index (χ1v) is 9.96. The molecule has 22 heavy (non-hydrogen) atoms. The molecule has 0 unspecified atom stereocenters. The standard InChI is InChI=1S/C12H7BrN.C5H5.2ClH.Zr/c13-10-1-2-11-9(6-10)5-8-3-4-14-7-12(8)11;1-2-4-5-3-1;;;/h1-4,6H,5H2;1-3H,4H2;2*1H;/q;;;;+2/p-2. The maximum Gasteiger partial charge on any atom is -1.00 e. The van der Waals surface area contributed by atoms with Gasteiger partial charge in [-0.1, -0.05) is 0 Å². The van der Waals surface area contributed by atoms with Crippen molar-refractivity contribution >= 4 is 19.3 Å². The van der Waals surface area contributed by atoms with Gasteiger partial charge in [-0.15, -0.1) is 0 Å². The quantitative estimate of drug-likeness (QED) is 0.420. The van der Waals surface area contributed by atoms with Gasteiger partial charge in [-0.2, -0.15) is 0 Å². The number of aromatic nitrogens is 1. The van der Waals surface area contributed by atoms with Gasteiger partial charge in [0.2, 0.25) is 0 Å². The third-order valence-corrected chi connectivity index (χ3v) is 7.51. The molecular formula is C17H12BrCl2NZr. The van der Waals surface area contributed by atoms with Crippen molar-refractivity contribution in [1.82, 2.24) is 4.98 Å². The van der Waals surface area contributed by atoms with Gasteiger partial charge in [-0.3, -0.25) is 0 Å². The monoisotopic (exact) mass is 469 g/mol. The van der Waals surface area contributed by atoms with E-state index in [1.54, 1.807) is 3.28 Å². The van der Waals surface area contributed by atoms with Crippen molar-refractivity contribution in [3.8, 4) is 11.1 Å². The summed E-state index contributed by atoms with van der Waals surface area (Å²) in [5, 5.41) is 0. The third kappa shape index (κ3) is 3.33. The smallest absolute Gasteiger partial charge is 1.00 e. The summed E-state index contributed by atoms with van der Waals surface area (Å²) >= 11 is 2.83. The number of hydrogen-bond donors (Lipinski definition) is 0. The maximum absolute atomic E-state index is 4.73. The van der Waals surface area contributed by atoms with E-state index in [2.05, 4.69) is 58.4 Å². The van der Waals surface area contributed by atoms with E-state index in [-0.39, 0.29) is 24.8 Å². The summed E-state index contributed by atoms with van der Waals surface area (Å²) in [5.74, 6) is 0. The Hall–Kier alpha value is -0.207. The average molecular weight is 472 g/mol. The van der Waals surface area contributed by atoms with Crippen LogP contribution in [0.3, 0.4) is 0 Å². The fourth-order valence-corrected chi connectivity index (χ4v) is 6.41. The van der Waals surface area contributed by atoms with Crippen LogP contribution in [0.4, 0.5) is 0 Å². The molecule has 1 aromatic carbocycles. The normalized spacial score (nSPS) is 13.4. The van der Waals surface area contributed by atoms with Crippen LogP contribution in [0.1, 0.15) is 17.5 Å². The first-order chi connectivity index (χ1) is 9.81. The SMILES string of the molecule is Brc1ccc2c(c1)Cc1ccn[c]([Zr+2][C]3=CC=CC3)c1-2.[Cl-].[Cl-]. The molecule has 0 spiro atoms. The van der Waals surface area contributed by atoms with Gasteiger partial charge in [0.05, 0.1) is 0 Å². The summed E-state index contributed by atoms with van der Waals surface area (Å²) in [4.78, 5) is 4.73. The minimum atomic E-state index is -0.742. The van der Waals surface area contributed by atoms with E-state index in [0.29, 0.717) is 0 Å². The Morgan fingerprint density at radius 2 is 1.95 bits per heavy atom. The van der Waals surface area contributed by atoms with Gasteiger partial charge in [-0.25, -0.2) is 0 Å². The number of allylic oxidation sites excluding steroid dienone is 4. The molecule has 0 bridgehead atoms. The summed E-state index contributed by atoms with van der Waals surface area (Å²) in [6.45, 7) is 0. The predicted molar refractivity (Wildman–Crippen MR) is 81.7 cm³/mol. The van der Waals surface area contributed by atoms with Crippen molar-refractivity contribution in [2.24, 2.45) is 0 Å². The van der Waals surface area contributed by atoms with Gasteiger partial charge >= 0.3 is 139 Å². The molecule has 1 aromatic heterocycles. The first-order valence-electron chi connectivity index (χ1n) is 6.71. The number of rotatable bonds is 2. The molecule has 4 rings (SSSR count). The van der Waals surface area contributed by atoms with E-state index in [1.807, 2.05) is 6.20 Å². The molecule has 0 N–H and O–H groups in total. The summed E-state index contributed by atoms with van der Waals surface area (Å²) in [7, 11) is 0. The van der Waals surface area contributed by atoms with Crippen LogP contribution in [0.5, 0.6) is 0 Å². The van der Waals surface area contributed by atoms with Crippen LogP contribution in [-0.2, 0) is 29.7 Å². The molecular weight excluding hydrogens is 460 g/mol. The molecule has 2 aliphatic carbocycles. The van der Waals surface area contributed by atoms with Crippen molar-refractivity contribution in [2.45, 2.75) is 12.8 Å². The van der Waals surface area contributed by atoms with Crippen molar-refractivity contribution in [2.75, 3.05) is 0 Å². The number of halogens is 3. The number of fused-ring (bicyclic) bond motifs is 3. The molecule has 5 heteroatoms. The third-order valence-electron chi connectivity index (χ3n) is 3.81. The van der Waals surface area contributed by atoms with E-state index in [0.717, 1.165) is 12.8 Å². The Morgan fingerprint density at radius 1 is 1.09 bits per heavy atom. The summed E-state index contributed by atoms with van der Waals surface area (Å²) < 4.78 is 4.18. The fourth-order valence-electron chi connectivity index (χ4n) is 2.89. The number of pyridine rings is 1. The Morgan fingerprint density at radius 3 is 2.73 bits per heavy atom. The zero-order valence-electron chi connectivity index (χ0n) is 11.6. The van der Waals surface area contributed by atoms with Crippen LogP contribution < -0.4 is 28.2 Å². The van der Waals surface area contributed by atoms with Crippen LogP contribution in [0, 0.1) is 0 Å². The Labute approximate surface area is 162 Å². The zero-order chi connectivity index (χ0) is 13.5. The molecule has 0 fully saturated rings. The minimum absolute atomic E-state index is 0. The minimum Gasteiger partial charge on any atom is -1.00 e. The molecule has 0 radical (unpaired) electrons. The van der Waals surface area contributed by atoms with Crippen molar-refractivity contribution in [3.05, 3.63) is 67.6 Å². The van der Waals surface area contributed by atoms with Crippen LogP contribution in [0.15, 0.2) is 56.4 Å². The Kier molecular flexibility index (Phi) is 6.24. The first kappa shape index (κ1) is 18.1. The second-order valence-electron chi connectivity index (χ2n) is 5.12. The van der Waals surface area contributed by atoms with E-state index in [1.165, 1.54) is 30.1 Å². The average Bonchev–Trinajstić information content (AvgIpc) is 3.05. The van der Waals surface area contributed by atoms with Crippen molar-refractivity contribution in [1.29, 1.82) is 0 Å². The van der Waals surface area contributed by atoms with Crippen LogP contribution in [0.2, 0.25) is 0 Å². The molecule has 0 saturated carbocycles. The predicted octanol–water partition coefficient (Wildman–Crippen LogP) is -2.03. The van der Waals surface area contributed by atoms with Gasteiger partial charge in [0.15, 0.2) is 0 Å². The largest absolute Gasteiger partial charge is 1.00 e. The maximum atomic E-state index is 4.73. The molecule has 0 amide bonds. The number of nitrogens with zero attached hydrogens (tertiary/aromatic N) is 1. The molecule has 1 nitrogen and oxygen atoms in total. The molecule has 0 saturated heterocycles. The van der Waals surface area contributed by atoms with Crippen LogP contribution in [0.25, 0.3) is 11.1 Å². The summed E-state index contributed by atoms with van der Waals surface area (Å²) in [6.07, 6.45) is 10.9. The van der Waals surface area contributed by atoms with Gasteiger partial charge in [0.25, 0.3) is 0 Å². The van der Waals surface area contributed by atoms with Gasteiger partial charge in [-0.05, 0) is 0 Å². The molecule has 0 aliphatic heterocycles. The molecule has 1 heterocycles. The number of hydrogen-bond acceptors (Lipinski definition) is 1. The van der Waals surface area contributed by atoms with Crippen LogP contribution >= 0.6 is 15.9 Å². The fraction of sp³-hybridized carbons (Fsp3) is 0.118. The zero-order valence-corrected chi connectivity index (χ0v) is 17.2. The van der Waals surface area contributed by atoms with Gasteiger partial charge in [0, 0.05) is 0 Å². The van der Waals surface area contributed by atoms with E-state index < -0.39 is 23.2 Å². The van der Waals surface area contributed by atoms with E-state index in [9.17, 15) is 0 Å². The molecule has 110 valence electrons. The molecule has 2 aromatic rings. The molecule has 0 atom stereocenters.